The Bertz CT molecular complexity index is 1120. The molecular formula is C19H14BrFN4. The van der Waals surface area contributed by atoms with E-state index in [2.05, 4.69) is 43.2 Å². The first kappa shape index (κ1) is 14.8. The van der Waals surface area contributed by atoms with Crippen molar-refractivity contribution in [2.24, 2.45) is 0 Å². The molecular weight excluding hydrogens is 383 g/mol. The Kier molecular flexibility index (Phi) is 3.28. The minimum Gasteiger partial charge on any atom is -0.310 e. The molecule has 0 spiro atoms. The highest BCUT2D eigenvalue weighted by Crippen LogP contribution is 2.37. The first-order valence-electron chi connectivity index (χ1n) is 8.21. The molecule has 0 N–H and O–H groups in total. The van der Waals surface area contributed by atoms with Gasteiger partial charge in [0.05, 0.1) is 5.52 Å². The molecule has 0 aliphatic carbocycles. The average molecular weight is 397 g/mol. The Morgan fingerprint density at radius 3 is 2.88 bits per heavy atom. The monoisotopic (exact) mass is 396 g/mol. The first-order valence-corrected chi connectivity index (χ1v) is 9.00. The van der Waals surface area contributed by atoms with E-state index < -0.39 is 0 Å². The SMILES string of the molecule is Fc1ccc2c(ccc3nnc(N4CCCc5c(Br)cccc54)n32)c1. The third-order valence-electron chi connectivity index (χ3n) is 4.75. The van der Waals surface area contributed by atoms with E-state index in [4.69, 9.17) is 0 Å². The molecule has 4 nitrogen and oxygen atoms in total. The molecule has 1 aliphatic rings. The zero-order chi connectivity index (χ0) is 17.0. The van der Waals surface area contributed by atoms with E-state index in [0.717, 1.165) is 52.0 Å². The number of hydrogen-bond donors (Lipinski definition) is 0. The summed E-state index contributed by atoms with van der Waals surface area (Å²) in [6, 6.07) is 14.8. The maximum atomic E-state index is 13.6. The van der Waals surface area contributed by atoms with E-state index in [1.54, 1.807) is 12.1 Å². The number of halogens is 2. The van der Waals surface area contributed by atoms with Crippen LogP contribution in [0.3, 0.4) is 0 Å². The molecule has 0 saturated heterocycles. The van der Waals surface area contributed by atoms with Crippen LogP contribution in [0.1, 0.15) is 12.0 Å². The molecule has 0 saturated carbocycles. The van der Waals surface area contributed by atoms with Gasteiger partial charge in [0.2, 0.25) is 5.95 Å². The van der Waals surface area contributed by atoms with Crippen LogP contribution in [0.2, 0.25) is 0 Å². The van der Waals surface area contributed by atoms with Gasteiger partial charge >= 0.3 is 0 Å². The second kappa shape index (κ2) is 5.52. The summed E-state index contributed by atoms with van der Waals surface area (Å²) in [4.78, 5) is 2.20. The van der Waals surface area contributed by atoms with Gasteiger partial charge in [0.1, 0.15) is 5.82 Å². The third-order valence-corrected chi connectivity index (χ3v) is 5.49. The lowest BCUT2D eigenvalue weighted by molar-refractivity contribution is 0.629. The van der Waals surface area contributed by atoms with E-state index in [-0.39, 0.29) is 5.82 Å². The van der Waals surface area contributed by atoms with Crippen molar-refractivity contribution in [1.29, 1.82) is 0 Å². The van der Waals surface area contributed by atoms with Gasteiger partial charge in [-0.2, -0.15) is 0 Å². The second-order valence-electron chi connectivity index (χ2n) is 6.22. The summed E-state index contributed by atoms with van der Waals surface area (Å²) in [5.74, 6) is 0.528. The van der Waals surface area contributed by atoms with E-state index in [0.29, 0.717) is 0 Å². The van der Waals surface area contributed by atoms with Crippen molar-refractivity contribution < 1.29 is 4.39 Å². The molecule has 0 amide bonds. The Morgan fingerprint density at radius 1 is 1.04 bits per heavy atom. The quantitative estimate of drug-likeness (QED) is 0.460. The number of nitrogens with zero attached hydrogens (tertiary/aromatic N) is 4. The molecule has 25 heavy (non-hydrogen) atoms. The fourth-order valence-electron chi connectivity index (χ4n) is 3.62. The Balaban J connectivity index is 1.79. The second-order valence-corrected chi connectivity index (χ2v) is 7.08. The third kappa shape index (κ3) is 2.24. The van der Waals surface area contributed by atoms with E-state index in [1.807, 2.05) is 22.6 Å². The van der Waals surface area contributed by atoms with Gasteiger partial charge in [0.15, 0.2) is 5.65 Å². The highest BCUT2D eigenvalue weighted by molar-refractivity contribution is 9.10. The van der Waals surface area contributed by atoms with Gasteiger partial charge in [0, 0.05) is 22.1 Å². The number of aromatic nitrogens is 3. The Labute approximate surface area is 152 Å². The largest absolute Gasteiger partial charge is 0.310 e. The lowest BCUT2D eigenvalue weighted by Gasteiger charge is -2.30. The fraction of sp³-hybridized carbons (Fsp3) is 0.158. The van der Waals surface area contributed by atoms with Crippen LogP contribution in [-0.2, 0) is 6.42 Å². The summed E-state index contributed by atoms with van der Waals surface area (Å²) in [5.41, 5.74) is 4.10. The molecule has 0 radical (unpaired) electrons. The normalized spacial score (nSPS) is 14.2. The molecule has 0 atom stereocenters. The molecule has 2 aromatic carbocycles. The summed E-state index contributed by atoms with van der Waals surface area (Å²) in [5, 5.41) is 9.61. The molecule has 2 aromatic heterocycles. The predicted octanol–water partition coefficient (Wildman–Crippen LogP) is 4.87. The molecule has 0 unspecified atom stereocenters. The van der Waals surface area contributed by atoms with Gasteiger partial charge in [-0.25, -0.2) is 4.39 Å². The topological polar surface area (TPSA) is 33.4 Å². The van der Waals surface area contributed by atoms with Gasteiger partial charge in [-0.05, 0) is 60.9 Å². The fourth-order valence-corrected chi connectivity index (χ4v) is 4.17. The summed E-state index contributed by atoms with van der Waals surface area (Å²) < 4.78 is 16.7. The van der Waals surface area contributed by atoms with Crippen LogP contribution < -0.4 is 4.90 Å². The Morgan fingerprint density at radius 2 is 1.96 bits per heavy atom. The summed E-state index contributed by atoms with van der Waals surface area (Å²) in [6.07, 6.45) is 2.08. The van der Waals surface area contributed by atoms with Crippen LogP contribution in [0.5, 0.6) is 0 Å². The van der Waals surface area contributed by atoms with Crippen molar-refractivity contribution >= 4 is 44.1 Å². The number of anilines is 2. The minimum absolute atomic E-state index is 0.242. The van der Waals surface area contributed by atoms with E-state index >= 15 is 0 Å². The molecule has 5 rings (SSSR count). The number of benzene rings is 2. The van der Waals surface area contributed by atoms with E-state index in [9.17, 15) is 4.39 Å². The Hall–Kier alpha value is -2.47. The zero-order valence-corrected chi connectivity index (χ0v) is 14.9. The average Bonchev–Trinajstić information content (AvgIpc) is 3.05. The van der Waals surface area contributed by atoms with Crippen LogP contribution in [0.4, 0.5) is 16.0 Å². The van der Waals surface area contributed by atoms with Crippen LogP contribution in [0, 0.1) is 5.82 Å². The number of fused-ring (bicyclic) bond motifs is 4. The number of pyridine rings is 1. The zero-order valence-electron chi connectivity index (χ0n) is 13.3. The maximum Gasteiger partial charge on any atom is 0.236 e. The van der Waals surface area contributed by atoms with Crippen LogP contribution in [-0.4, -0.2) is 21.1 Å². The lowest BCUT2D eigenvalue weighted by atomic mass is 10.0. The van der Waals surface area contributed by atoms with Gasteiger partial charge in [0.25, 0.3) is 0 Å². The molecule has 0 fully saturated rings. The predicted molar refractivity (Wildman–Crippen MR) is 99.9 cm³/mol. The summed E-state index contributed by atoms with van der Waals surface area (Å²) in [7, 11) is 0. The van der Waals surface area contributed by atoms with Gasteiger partial charge < -0.3 is 4.90 Å². The smallest absolute Gasteiger partial charge is 0.236 e. The maximum absolute atomic E-state index is 13.6. The first-order chi connectivity index (χ1) is 12.2. The molecule has 6 heteroatoms. The lowest BCUT2D eigenvalue weighted by Crippen LogP contribution is -2.26. The summed E-state index contributed by atoms with van der Waals surface area (Å²) in [6.45, 7) is 0.877. The van der Waals surface area contributed by atoms with Crippen LogP contribution in [0.15, 0.2) is 53.0 Å². The van der Waals surface area contributed by atoms with Crippen molar-refractivity contribution in [3.8, 4) is 0 Å². The van der Waals surface area contributed by atoms with Crippen molar-refractivity contribution in [1.82, 2.24) is 14.6 Å². The molecule has 3 heterocycles. The van der Waals surface area contributed by atoms with Crippen LogP contribution >= 0.6 is 15.9 Å². The molecule has 124 valence electrons. The van der Waals surface area contributed by atoms with Crippen molar-refractivity contribution in [3.05, 3.63) is 64.4 Å². The highest BCUT2D eigenvalue weighted by atomic mass is 79.9. The van der Waals surface area contributed by atoms with E-state index in [1.165, 1.54) is 11.6 Å². The summed E-state index contributed by atoms with van der Waals surface area (Å²) >= 11 is 3.66. The van der Waals surface area contributed by atoms with Crippen LogP contribution in [0.25, 0.3) is 16.6 Å². The standard InChI is InChI=1S/C19H14BrFN4/c20-15-4-1-5-17-14(15)3-2-10-24(17)19-23-22-18-9-6-12-11-13(21)7-8-16(12)25(18)19/h1,4-9,11H,2-3,10H2. The number of hydrogen-bond acceptors (Lipinski definition) is 3. The van der Waals surface area contributed by atoms with Gasteiger partial charge in [-0.3, -0.25) is 4.40 Å². The highest BCUT2D eigenvalue weighted by Gasteiger charge is 2.24. The van der Waals surface area contributed by atoms with Crippen molar-refractivity contribution in [2.75, 3.05) is 11.4 Å². The van der Waals surface area contributed by atoms with Crippen molar-refractivity contribution in [2.45, 2.75) is 12.8 Å². The molecule has 4 aromatic rings. The van der Waals surface area contributed by atoms with Crippen molar-refractivity contribution in [3.63, 3.8) is 0 Å². The molecule has 1 aliphatic heterocycles. The molecule has 0 bridgehead atoms. The minimum atomic E-state index is -0.242. The number of rotatable bonds is 1. The van der Waals surface area contributed by atoms with Gasteiger partial charge in [-0.15, -0.1) is 10.2 Å². The van der Waals surface area contributed by atoms with Gasteiger partial charge in [-0.1, -0.05) is 22.0 Å².